The Kier molecular flexibility index (Phi) is 2.97. The van der Waals surface area contributed by atoms with Gasteiger partial charge in [0.2, 0.25) is 0 Å². The molecule has 1 aliphatic rings. The van der Waals surface area contributed by atoms with Gasteiger partial charge >= 0.3 is 0 Å². The SMILES string of the molecule is CCCn1nccc1C(O)C1(C#N)CCC1. The first-order chi connectivity index (χ1) is 7.73. The second-order valence-electron chi connectivity index (χ2n) is 4.50. The van der Waals surface area contributed by atoms with Gasteiger partial charge in [-0.2, -0.15) is 10.4 Å². The maximum Gasteiger partial charge on any atom is 0.114 e. The molecule has 2 rings (SSSR count). The van der Waals surface area contributed by atoms with Crippen molar-refractivity contribution < 1.29 is 5.11 Å². The van der Waals surface area contributed by atoms with Gasteiger partial charge in [0.25, 0.3) is 0 Å². The highest BCUT2D eigenvalue weighted by atomic mass is 16.3. The molecule has 16 heavy (non-hydrogen) atoms. The van der Waals surface area contributed by atoms with Gasteiger partial charge < -0.3 is 5.11 Å². The zero-order valence-electron chi connectivity index (χ0n) is 9.56. The van der Waals surface area contributed by atoms with Gasteiger partial charge in [0, 0.05) is 12.7 Å². The molecule has 0 spiro atoms. The van der Waals surface area contributed by atoms with E-state index < -0.39 is 11.5 Å². The second kappa shape index (κ2) is 4.26. The number of hydrogen-bond acceptors (Lipinski definition) is 3. The molecule has 0 aliphatic heterocycles. The van der Waals surface area contributed by atoms with Crippen molar-refractivity contribution in [3.63, 3.8) is 0 Å². The van der Waals surface area contributed by atoms with E-state index in [2.05, 4.69) is 18.1 Å². The third kappa shape index (κ3) is 1.61. The minimum Gasteiger partial charge on any atom is -0.385 e. The summed E-state index contributed by atoms with van der Waals surface area (Å²) < 4.78 is 1.81. The molecule has 1 aromatic rings. The standard InChI is InChI=1S/C12H17N3O/c1-2-8-15-10(4-7-14-15)11(16)12(9-13)5-3-6-12/h4,7,11,16H,2-3,5-6,8H2,1H3. The van der Waals surface area contributed by atoms with E-state index in [-0.39, 0.29) is 0 Å². The highest BCUT2D eigenvalue weighted by Crippen LogP contribution is 2.49. The first-order valence-electron chi connectivity index (χ1n) is 5.84. The fraction of sp³-hybridized carbons (Fsp3) is 0.667. The molecular formula is C12H17N3O. The van der Waals surface area contributed by atoms with Gasteiger partial charge in [-0.1, -0.05) is 13.3 Å². The Bertz CT molecular complexity index is 401. The first-order valence-corrected chi connectivity index (χ1v) is 5.84. The summed E-state index contributed by atoms with van der Waals surface area (Å²) >= 11 is 0. The Morgan fingerprint density at radius 3 is 2.94 bits per heavy atom. The number of aliphatic hydroxyl groups is 1. The van der Waals surface area contributed by atoms with Gasteiger partial charge in [-0.3, -0.25) is 4.68 Å². The molecular weight excluding hydrogens is 202 g/mol. The Labute approximate surface area is 95.5 Å². The van der Waals surface area contributed by atoms with Crippen LogP contribution in [-0.2, 0) is 6.54 Å². The minimum absolute atomic E-state index is 0.564. The van der Waals surface area contributed by atoms with Crippen LogP contribution < -0.4 is 0 Å². The van der Waals surface area contributed by atoms with Crippen LogP contribution in [0.25, 0.3) is 0 Å². The predicted octanol–water partition coefficient (Wildman–Crippen LogP) is 2.02. The van der Waals surface area contributed by atoms with Crippen molar-refractivity contribution in [1.29, 1.82) is 5.26 Å². The summed E-state index contributed by atoms with van der Waals surface area (Å²) in [5.41, 5.74) is 0.217. The number of aliphatic hydroxyl groups excluding tert-OH is 1. The summed E-state index contributed by atoms with van der Waals surface area (Å²) in [7, 11) is 0. The molecule has 1 heterocycles. The Morgan fingerprint density at radius 1 is 1.69 bits per heavy atom. The van der Waals surface area contributed by atoms with E-state index in [1.165, 1.54) is 0 Å². The van der Waals surface area contributed by atoms with Gasteiger partial charge in [0.1, 0.15) is 6.10 Å². The highest BCUT2D eigenvalue weighted by Gasteiger charge is 2.45. The topological polar surface area (TPSA) is 61.8 Å². The molecule has 0 aromatic carbocycles. The lowest BCUT2D eigenvalue weighted by atomic mass is 9.65. The molecule has 0 saturated heterocycles. The Hall–Kier alpha value is -1.34. The van der Waals surface area contributed by atoms with E-state index in [1.54, 1.807) is 6.20 Å². The predicted molar refractivity (Wildman–Crippen MR) is 59.4 cm³/mol. The van der Waals surface area contributed by atoms with Crippen LogP contribution in [0.4, 0.5) is 0 Å². The van der Waals surface area contributed by atoms with Crippen molar-refractivity contribution in [3.8, 4) is 6.07 Å². The van der Waals surface area contributed by atoms with Crippen LogP contribution in [0.15, 0.2) is 12.3 Å². The summed E-state index contributed by atoms with van der Waals surface area (Å²) in [5, 5.41) is 23.7. The lowest BCUT2D eigenvalue weighted by molar-refractivity contribution is 0.00190. The summed E-state index contributed by atoms with van der Waals surface area (Å²) in [5.74, 6) is 0. The maximum absolute atomic E-state index is 10.3. The number of aromatic nitrogens is 2. The van der Waals surface area contributed by atoms with Gasteiger partial charge in [-0.25, -0.2) is 0 Å². The average Bonchev–Trinajstić information content (AvgIpc) is 2.65. The molecule has 1 fully saturated rings. The lowest BCUT2D eigenvalue weighted by Crippen LogP contribution is -2.35. The molecule has 4 heteroatoms. The molecule has 0 radical (unpaired) electrons. The number of aryl methyl sites for hydroxylation is 1. The normalized spacial score (nSPS) is 19.8. The van der Waals surface area contributed by atoms with Crippen molar-refractivity contribution >= 4 is 0 Å². The minimum atomic E-state index is -0.694. The quantitative estimate of drug-likeness (QED) is 0.842. The zero-order chi connectivity index (χ0) is 11.6. The summed E-state index contributed by atoms with van der Waals surface area (Å²) in [4.78, 5) is 0. The third-order valence-electron chi connectivity index (χ3n) is 3.46. The first kappa shape index (κ1) is 11.2. The van der Waals surface area contributed by atoms with Crippen LogP contribution in [0.2, 0.25) is 0 Å². The largest absolute Gasteiger partial charge is 0.385 e. The Balaban J connectivity index is 2.23. The van der Waals surface area contributed by atoms with Crippen LogP contribution in [0.1, 0.15) is 44.4 Å². The van der Waals surface area contributed by atoms with E-state index in [0.717, 1.165) is 37.9 Å². The van der Waals surface area contributed by atoms with E-state index in [0.29, 0.717) is 0 Å². The van der Waals surface area contributed by atoms with E-state index in [4.69, 9.17) is 0 Å². The highest BCUT2D eigenvalue weighted by molar-refractivity contribution is 5.18. The average molecular weight is 219 g/mol. The van der Waals surface area contributed by atoms with Gasteiger partial charge in [-0.15, -0.1) is 0 Å². The maximum atomic E-state index is 10.3. The number of hydrogen-bond donors (Lipinski definition) is 1. The summed E-state index contributed by atoms with van der Waals surface area (Å²) in [6.07, 6.45) is 4.59. The Morgan fingerprint density at radius 2 is 2.44 bits per heavy atom. The fourth-order valence-corrected chi connectivity index (χ4v) is 2.26. The van der Waals surface area contributed by atoms with Gasteiger partial charge in [0.05, 0.1) is 17.2 Å². The van der Waals surface area contributed by atoms with Crippen molar-refractivity contribution in [3.05, 3.63) is 18.0 Å². The number of nitriles is 1. The van der Waals surface area contributed by atoms with Crippen LogP contribution in [-0.4, -0.2) is 14.9 Å². The molecule has 1 atom stereocenters. The third-order valence-corrected chi connectivity index (χ3v) is 3.46. The molecule has 1 aliphatic carbocycles. The monoisotopic (exact) mass is 219 g/mol. The molecule has 1 unspecified atom stereocenters. The van der Waals surface area contributed by atoms with E-state index in [1.807, 2.05) is 10.7 Å². The van der Waals surface area contributed by atoms with Crippen molar-refractivity contribution in [1.82, 2.24) is 9.78 Å². The molecule has 0 bridgehead atoms. The van der Waals surface area contributed by atoms with Gasteiger partial charge in [-0.05, 0) is 25.3 Å². The molecule has 86 valence electrons. The second-order valence-corrected chi connectivity index (χ2v) is 4.50. The number of rotatable bonds is 4. The molecule has 1 N–H and O–H groups in total. The summed E-state index contributed by atoms with van der Waals surface area (Å²) in [6.45, 7) is 2.86. The molecule has 0 amide bonds. The van der Waals surface area contributed by atoms with Crippen LogP contribution >= 0.6 is 0 Å². The van der Waals surface area contributed by atoms with Crippen LogP contribution in [0.3, 0.4) is 0 Å². The van der Waals surface area contributed by atoms with Crippen molar-refractivity contribution in [2.75, 3.05) is 0 Å². The van der Waals surface area contributed by atoms with Crippen LogP contribution in [0, 0.1) is 16.7 Å². The zero-order valence-corrected chi connectivity index (χ0v) is 9.56. The fourth-order valence-electron chi connectivity index (χ4n) is 2.26. The van der Waals surface area contributed by atoms with Gasteiger partial charge in [0.15, 0.2) is 0 Å². The lowest BCUT2D eigenvalue weighted by Gasteiger charge is -2.39. The van der Waals surface area contributed by atoms with Crippen molar-refractivity contribution in [2.45, 2.75) is 45.3 Å². The molecule has 1 aromatic heterocycles. The number of nitrogens with zero attached hydrogens (tertiary/aromatic N) is 3. The molecule has 4 nitrogen and oxygen atoms in total. The smallest absolute Gasteiger partial charge is 0.114 e. The van der Waals surface area contributed by atoms with E-state index >= 15 is 0 Å². The van der Waals surface area contributed by atoms with E-state index in [9.17, 15) is 10.4 Å². The van der Waals surface area contributed by atoms with Crippen LogP contribution in [0.5, 0.6) is 0 Å². The van der Waals surface area contributed by atoms with Crippen molar-refractivity contribution in [2.24, 2.45) is 5.41 Å². The molecule has 1 saturated carbocycles. The summed E-state index contributed by atoms with van der Waals surface area (Å²) in [6, 6.07) is 4.10.